The Kier molecular flexibility index (Phi) is 6.71. The van der Waals surface area contributed by atoms with Crippen molar-refractivity contribution in [1.82, 2.24) is 15.3 Å². The summed E-state index contributed by atoms with van der Waals surface area (Å²) in [6.45, 7) is 1.03. The molecule has 7 heteroatoms. The van der Waals surface area contributed by atoms with E-state index >= 15 is 0 Å². The number of nitrogens with two attached hydrogens (primary N) is 1. The van der Waals surface area contributed by atoms with Crippen molar-refractivity contribution in [1.29, 1.82) is 0 Å². The summed E-state index contributed by atoms with van der Waals surface area (Å²) >= 11 is 0. The molecule has 0 unspecified atom stereocenters. The van der Waals surface area contributed by atoms with E-state index in [4.69, 9.17) is 10.5 Å². The molecule has 0 bridgehead atoms. The summed E-state index contributed by atoms with van der Waals surface area (Å²) < 4.78 is 5.92. The van der Waals surface area contributed by atoms with Gasteiger partial charge in [-0.15, -0.1) is 0 Å². The number of primary amides is 1. The van der Waals surface area contributed by atoms with Gasteiger partial charge < -0.3 is 25.8 Å². The van der Waals surface area contributed by atoms with E-state index in [1.807, 2.05) is 72.8 Å². The molecule has 0 fully saturated rings. The quantitative estimate of drug-likeness (QED) is 0.234. The van der Waals surface area contributed by atoms with E-state index in [1.165, 1.54) is 0 Å². The molecule has 0 aliphatic carbocycles. The average molecular weight is 481 g/mol. The highest BCUT2D eigenvalue weighted by molar-refractivity contribution is 6.00. The van der Waals surface area contributed by atoms with Crippen LogP contribution >= 0.6 is 0 Å². The highest BCUT2D eigenvalue weighted by Gasteiger charge is 2.16. The second kappa shape index (κ2) is 10.4. The van der Waals surface area contributed by atoms with Gasteiger partial charge >= 0.3 is 0 Å². The maximum atomic E-state index is 12.5. The number of fused-ring (bicyclic) bond motifs is 2. The molecule has 0 atom stereocenters. The molecule has 182 valence electrons. The Bertz CT molecular complexity index is 1520. The van der Waals surface area contributed by atoms with Gasteiger partial charge in [0.1, 0.15) is 18.1 Å². The van der Waals surface area contributed by atoms with Crippen molar-refractivity contribution in [2.24, 2.45) is 5.73 Å². The molecule has 0 aliphatic heterocycles. The van der Waals surface area contributed by atoms with Crippen LogP contribution in [-0.4, -0.2) is 28.3 Å². The summed E-state index contributed by atoms with van der Waals surface area (Å²) in [5.74, 6) is 0.220. The highest BCUT2D eigenvalue weighted by atomic mass is 16.5. The minimum Gasteiger partial charge on any atom is -0.489 e. The molecule has 5 N–H and O–H groups in total. The zero-order valence-electron chi connectivity index (χ0n) is 19.8. The third kappa shape index (κ3) is 5.25. The molecule has 0 saturated carbocycles. The molecule has 0 spiro atoms. The van der Waals surface area contributed by atoms with E-state index in [0.717, 1.165) is 44.4 Å². The number of benzene rings is 3. The van der Waals surface area contributed by atoms with Gasteiger partial charge in [0, 0.05) is 47.6 Å². The fourth-order valence-corrected chi connectivity index (χ4v) is 4.47. The van der Waals surface area contributed by atoms with Crippen molar-refractivity contribution in [3.8, 4) is 5.75 Å². The zero-order chi connectivity index (χ0) is 24.9. The van der Waals surface area contributed by atoms with Crippen LogP contribution in [0.1, 0.15) is 33.7 Å². The number of hydrogen-bond donors (Lipinski definition) is 4. The lowest BCUT2D eigenvalue weighted by Gasteiger charge is -2.06. The van der Waals surface area contributed by atoms with Crippen LogP contribution in [-0.2, 0) is 24.2 Å². The van der Waals surface area contributed by atoms with Gasteiger partial charge in [0.15, 0.2) is 0 Å². The summed E-state index contributed by atoms with van der Waals surface area (Å²) in [7, 11) is 0. The zero-order valence-corrected chi connectivity index (χ0v) is 19.8. The number of carbonyl (C=O) groups excluding carboxylic acids is 2. The van der Waals surface area contributed by atoms with Crippen LogP contribution in [0.25, 0.3) is 21.8 Å². The number of rotatable bonds is 10. The topological polar surface area (TPSA) is 113 Å². The summed E-state index contributed by atoms with van der Waals surface area (Å²) in [6, 6.07) is 25.8. The van der Waals surface area contributed by atoms with Crippen LogP contribution < -0.4 is 15.8 Å². The second-order valence-electron chi connectivity index (χ2n) is 8.81. The minimum absolute atomic E-state index is 0.0663. The lowest BCUT2D eigenvalue weighted by molar-refractivity contribution is -0.121. The van der Waals surface area contributed by atoms with Gasteiger partial charge in [-0.3, -0.25) is 9.59 Å². The Morgan fingerprint density at radius 3 is 2.50 bits per heavy atom. The Morgan fingerprint density at radius 2 is 1.67 bits per heavy atom. The van der Waals surface area contributed by atoms with E-state index in [2.05, 4.69) is 21.4 Å². The summed E-state index contributed by atoms with van der Waals surface area (Å²) in [6.07, 6.45) is 1.39. The first-order chi connectivity index (χ1) is 17.6. The first-order valence-electron chi connectivity index (χ1n) is 12.0. The van der Waals surface area contributed by atoms with E-state index in [9.17, 15) is 9.59 Å². The maximum Gasteiger partial charge on any atom is 0.265 e. The van der Waals surface area contributed by atoms with Crippen molar-refractivity contribution in [2.45, 2.75) is 25.9 Å². The molecule has 2 aromatic heterocycles. The number of aromatic amines is 2. The molecule has 2 heterocycles. The molecule has 5 rings (SSSR count). The molecule has 0 saturated heterocycles. The van der Waals surface area contributed by atoms with Crippen LogP contribution in [0.15, 0.2) is 78.9 Å². The van der Waals surface area contributed by atoms with Crippen molar-refractivity contribution >= 4 is 33.6 Å². The Balaban J connectivity index is 1.14. The third-order valence-electron chi connectivity index (χ3n) is 6.28. The van der Waals surface area contributed by atoms with Crippen LogP contribution in [0.5, 0.6) is 5.75 Å². The molecule has 0 aliphatic rings. The average Bonchev–Trinajstić information content (AvgIpc) is 3.47. The summed E-state index contributed by atoms with van der Waals surface area (Å²) in [5.41, 5.74) is 10.7. The van der Waals surface area contributed by atoms with Gasteiger partial charge in [0.05, 0.1) is 0 Å². The van der Waals surface area contributed by atoms with Gasteiger partial charge in [0.25, 0.3) is 5.91 Å². The number of carbonyl (C=O) groups is 2. The monoisotopic (exact) mass is 480 g/mol. The first-order valence-corrected chi connectivity index (χ1v) is 12.0. The molecule has 3 aromatic carbocycles. The smallest absolute Gasteiger partial charge is 0.265 e. The normalized spacial score (nSPS) is 11.1. The van der Waals surface area contributed by atoms with E-state index in [1.54, 1.807) is 0 Å². The second-order valence-corrected chi connectivity index (χ2v) is 8.81. The van der Waals surface area contributed by atoms with Crippen molar-refractivity contribution in [2.75, 3.05) is 6.54 Å². The number of hydrogen-bond acceptors (Lipinski definition) is 3. The van der Waals surface area contributed by atoms with Crippen molar-refractivity contribution in [3.05, 3.63) is 101 Å². The lowest BCUT2D eigenvalue weighted by Crippen LogP contribution is -2.26. The number of nitrogens with one attached hydrogen (secondary N) is 3. The number of ether oxygens (including phenoxy) is 1. The van der Waals surface area contributed by atoms with Gasteiger partial charge in [-0.25, -0.2) is 0 Å². The third-order valence-corrected chi connectivity index (χ3v) is 6.28. The molecule has 7 nitrogen and oxygen atoms in total. The van der Waals surface area contributed by atoms with E-state index < -0.39 is 5.91 Å². The highest BCUT2D eigenvalue weighted by Crippen LogP contribution is 2.24. The number of H-pyrrole nitrogens is 2. The predicted molar refractivity (Wildman–Crippen MR) is 141 cm³/mol. The Hall–Kier alpha value is -4.52. The van der Waals surface area contributed by atoms with E-state index in [-0.39, 0.29) is 12.3 Å². The van der Waals surface area contributed by atoms with E-state index in [0.29, 0.717) is 31.7 Å². The molecule has 0 radical (unpaired) electrons. The van der Waals surface area contributed by atoms with Crippen LogP contribution in [0.4, 0.5) is 0 Å². The number of aryl methyl sites for hydroxylation is 1. The number of aromatic nitrogens is 2. The van der Waals surface area contributed by atoms with Crippen LogP contribution in [0.2, 0.25) is 0 Å². The standard InChI is InChI=1S/C29H28N4O3/c30-29(35)28-24(23-8-4-5-9-25(23)33-28)12-13-27(34)31-15-14-21-16-20-10-11-22(17-26(20)32-21)36-18-19-6-2-1-3-7-19/h1-11,16-17,32-33H,12-15,18H2,(H2,30,35)(H,31,34). The van der Waals surface area contributed by atoms with Crippen molar-refractivity contribution in [3.63, 3.8) is 0 Å². The molecular formula is C29H28N4O3. The lowest BCUT2D eigenvalue weighted by atomic mass is 10.0. The Morgan fingerprint density at radius 1 is 0.861 bits per heavy atom. The van der Waals surface area contributed by atoms with Gasteiger partial charge in [-0.05, 0) is 47.2 Å². The summed E-state index contributed by atoms with van der Waals surface area (Å²) in [5, 5.41) is 4.99. The van der Waals surface area contributed by atoms with Gasteiger partial charge in [0.2, 0.25) is 5.91 Å². The number of amides is 2. The fraction of sp³-hybridized carbons (Fsp3) is 0.172. The fourth-order valence-electron chi connectivity index (χ4n) is 4.47. The molecule has 36 heavy (non-hydrogen) atoms. The molecule has 2 amide bonds. The largest absolute Gasteiger partial charge is 0.489 e. The first kappa shape index (κ1) is 23.2. The number of para-hydroxylation sites is 1. The SMILES string of the molecule is NC(=O)c1[nH]c2ccccc2c1CCC(=O)NCCc1cc2ccc(OCc3ccccc3)cc2[nH]1. The van der Waals surface area contributed by atoms with Crippen LogP contribution in [0, 0.1) is 0 Å². The maximum absolute atomic E-state index is 12.5. The minimum atomic E-state index is -0.519. The van der Waals surface area contributed by atoms with Crippen molar-refractivity contribution < 1.29 is 14.3 Å². The predicted octanol–water partition coefficient (Wildman–Crippen LogP) is 4.62. The van der Waals surface area contributed by atoms with Crippen LogP contribution in [0.3, 0.4) is 0 Å². The summed E-state index contributed by atoms with van der Waals surface area (Å²) in [4.78, 5) is 30.8. The molecular weight excluding hydrogens is 452 g/mol. The van der Waals surface area contributed by atoms with Gasteiger partial charge in [-0.2, -0.15) is 0 Å². The Labute approximate surface area is 208 Å². The van der Waals surface area contributed by atoms with Gasteiger partial charge in [-0.1, -0.05) is 48.5 Å². The molecule has 5 aromatic rings.